The van der Waals surface area contributed by atoms with Crippen LogP contribution in [0.5, 0.6) is 0 Å². The Morgan fingerprint density at radius 2 is 2.27 bits per heavy atom. The molecule has 0 aromatic carbocycles. The van der Waals surface area contributed by atoms with Gasteiger partial charge in [0.1, 0.15) is 0 Å². The molecule has 0 aromatic rings. The highest BCUT2D eigenvalue weighted by Crippen LogP contribution is 2.28. The SMILES string of the molecule is CSC1CC=CC(Cl)C(C)C1. The molecule has 0 fully saturated rings. The molecule has 2 heteroatoms. The molecule has 0 spiro atoms. The summed E-state index contributed by atoms with van der Waals surface area (Å²) in [6.45, 7) is 2.23. The van der Waals surface area contributed by atoms with E-state index in [1.807, 2.05) is 11.8 Å². The predicted octanol–water partition coefficient (Wildman–Crippen LogP) is 3.31. The molecule has 3 unspecified atom stereocenters. The van der Waals surface area contributed by atoms with Gasteiger partial charge in [0.2, 0.25) is 0 Å². The van der Waals surface area contributed by atoms with E-state index in [-0.39, 0.29) is 5.38 Å². The molecule has 64 valence electrons. The molecule has 0 saturated carbocycles. The van der Waals surface area contributed by atoms with Crippen LogP contribution >= 0.6 is 23.4 Å². The number of rotatable bonds is 1. The van der Waals surface area contributed by atoms with Gasteiger partial charge >= 0.3 is 0 Å². The average molecular weight is 191 g/mol. The molecule has 0 N–H and O–H groups in total. The van der Waals surface area contributed by atoms with Crippen molar-refractivity contribution in [3.05, 3.63) is 12.2 Å². The average Bonchev–Trinajstić information content (AvgIpc) is 2.15. The van der Waals surface area contributed by atoms with Gasteiger partial charge in [-0.3, -0.25) is 0 Å². The lowest BCUT2D eigenvalue weighted by atomic mass is 10.0. The van der Waals surface area contributed by atoms with Crippen molar-refractivity contribution < 1.29 is 0 Å². The number of alkyl halides is 1. The Labute approximate surface area is 78.4 Å². The standard InChI is InChI=1S/C9H15ClS/c1-7-6-8(11-2)4-3-5-9(7)10/h3,5,7-9H,4,6H2,1-2H3. The van der Waals surface area contributed by atoms with Crippen LogP contribution < -0.4 is 0 Å². The van der Waals surface area contributed by atoms with Gasteiger partial charge in [0.05, 0.1) is 5.38 Å². The Hall–Kier alpha value is 0.380. The summed E-state index contributed by atoms with van der Waals surface area (Å²) >= 11 is 8.05. The zero-order valence-corrected chi connectivity index (χ0v) is 8.66. The maximum absolute atomic E-state index is 6.10. The van der Waals surface area contributed by atoms with E-state index >= 15 is 0 Å². The van der Waals surface area contributed by atoms with Gasteiger partial charge < -0.3 is 0 Å². The topological polar surface area (TPSA) is 0 Å². The van der Waals surface area contributed by atoms with E-state index in [4.69, 9.17) is 11.6 Å². The monoisotopic (exact) mass is 190 g/mol. The van der Waals surface area contributed by atoms with Gasteiger partial charge in [0.15, 0.2) is 0 Å². The van der Waals surface area contributed by atoms with Crippen molar-refractivity contribution in [3.63, 3.8) is 0 Å². The third kappa shape index (κ3) is 2.72. The summed E-state index contributed by atoms with van der Waals surface area (Å²) in [7, 11) is 0. The zero-order valence-electron chi connectivity index (χ0n) is 7.09. The minimum atomic E-state index is 0.257. The van der Waals surface area contributed by atoms with Crippen LogP contribution in [0.1, 0.15) is 19.8 Å². The van der Waals surface area contributed by atoms with E-state index in [2.05, 4.69) is 25.3 Å². The summed E-state index contributed by atoms with van der Waals surface area (Å²) < 4.78 is 0. The fourth-order valence-corrected chi connectivity index (χ4v) is 2.39. The molecule has 1 rings (SSSR count). The van der Waals surface area contributed by atoms with Crippen LogP contribution in [0.4, 0.5) is 0 Å². The van der Waals surface area contributed by atoms with E-state index in [1.165, 1.54) is 12.8 Å². The predicted molar refractivity (Wildman–Crippen MR) is 54.5 cm³/mol. The van der Waals surface area contributed by atoms with Gasteiger partial charge in [-0.25, -0.2) is 0 Å². The van der Waals surface area contributed by atoms with E-state index in [0.29, 0.717) is 5.92 Å². The molecule has 0 nitrogen and oxygen atoms in total. The van der Waals surface area contributed by atoms with E-state index in [9.17, 15) is 0 Å². The first-order valence-corrected chi connectivity index (χ1v) is 5.80. The van der Waals surface area contributed by atoms with Crippen molar-refractivity contribution in [2.24, 2.45) is 5.92 Å². The van der Waals surface area contributed by atoms with Crippen molar-refractivity contribution in [1.29, 1.82) is 0 Å². The third-order valence-corrected chi connectivity index (χ3v) is 3.86. The van der Waals surface area contributed by atoms with Gasteiger partial charge in [-0.1, -0.05) is 19.1 Å². The highest BCUT2D eigenvalue weighted by Gasteiger charge is 2.19. The molecule has 0 radical (unpaired) electrons. The second-order valence-electron chi connectivity index (χ2n) is 3.18. The second kappa shape index (κ2) is 4.42. The molecule has 1 aliphatic rings. The number of allylic oxidation sites excluding steroid dienone is 2. The summed E-state index contributed by atoms with van der Waals surface area (Å²) in [6, 6.07) is 0. The Bertz CT molecular complexity index is 144. The van der Waals surface area contributed by atoms with E-state index in [1.54, 1.807) is 0 Å². The van der Waals surface area contributed by atoms with Gasteiger partial charge in [-0.05, 0) is 25.0 Å². The van der Waals surface area contributed by atoms with Crippen LogP contribution in [0.2, 0.25) is 0 Å². The third-order valence-electron chi connectivity index (χ3n) is 2.23. The molecule has 0 saturated heterocycles. The summed E-state index contributed by atoms with van der Waals surface area (Å²) in [4.78, 5) is 0. The fraction of sp³-hybridized carbons (Fsp3) is 0.778. The zero-order chi connectivity index (χ0) is 8.27. The Kier molecular flexibility index (Phi) is 3.80. The molecule has 3 atom stereocenters. The number of hydrogen-bond acceptors (Lipinski definition) is 1. The summed E-state index contributed by atoms with van der Waals surface area (Å²) in [5, 5.41) is 1.04. The van der Waals surface area contributed by atoms with Crippen molar-refractivity contribution in [2.75, 3.05) is 6.26 Å². The van der Waals surface area contributed by atoms with Gasteiger partial charge in [-0.15, -0.1) is 11.6 Å². The molecule has 0 bridgehead atoms. The Morgan fingerprint density at radius 3 is 2.91 bits per heavy atom. The number of thioether (sulfide) groups is 1. The molecular weight excluding hydrogens is 176 g/mol. The minimum absolute atomic E-state index is 0.257. The van der Waals surface area contributed by atoms with Gasteiger partial charge in [0.25, 0.3) is 0 Å². The van der Waals surface area contributed by atoms with Crippen molar-refractivity contribution in [2.45, 2.75) is 30.4 Å². The molecule has 0 heterocycles. The normalized spacial score (nSPS) is 38.6. The Balaban J connectivity index is 2.51. The second-order valence-corrected chi connectivity index (χ2v) is 4.82. The minimum Gasteiger partial charge on any atom is -0.162 e. The quantitative estimate of drug-likeness (QED) is 0.452. The largest absolute Gasteiger partial charge is 0.162 e. The smallest absolute Gasteiger partial charge is 0.0541 e. The van der Waals surface area contributed by atoms with Crippen LogP contribution in [-0.4, -0.2) is 16.9 Å². The maximum Gasteiger partial charge on any atom is 0.0541 e. The lowest BCUT2D eigenvalue weighted by Crippen LogP contribution is -2.12. The van der Waals surface area contributed by atoms with Crippen LogP contribution in [0.15, 0.2) is 12.2 Å². The molecule has 0 aliphatic heterocycles. The van der Waals surface area contributed by atoms with Crippen molar-refractivity contribution >= 4 is 23.4 Å². The summed E-state index contributed by atoms with van der Waals surface area (Å²) in [5.41, 5.74) is 0. The van der Waals surface area contributed by atoms with Gasteiger partial charge in [-0.2, -0.15) is 11.8 Å². The van der Waals surface area contributed by atoms with Crippen LogP contribution in [-0.2, 0) is 0 Å². The Morgan fingerprint density at radius 1 is 1.55 bits per heavy atom. The highest BCUT2D eigenvalue weighted by molar-refractivity contribution is 7.99. The lowest BCUT2D eigenvalue weighted by Gasteiger charge is -2.16. The lowest BCUT2D eigenvalue weighted by molar-refractivity contribution is 0.546. The first kappa shape index (κ1) is 9.47. The molecule has 0 amide bonds. The maximum atomic E-state index is 6.10. The van der Waals surface area contributed by atoms with E-state index in [0.717, 1.165) is 5.25 Å². The van der Waals surface area contributed by atoms with E-state index < -0.39 is 0 Å². The first-order valence-electron chi connectivity index (χ1n) is 4.07. The number of halogens is 1. The molecule has 1 aliphatic carbocycles. The van der Waals surface area contributed by atoms with Crippen LogP contribution in [0.3, 0.4) is 0 Å². The first-order chi connectivity index (χ1) is 5.24. The van der Waals surface area contributed by atoms with Crippen molar-refractivity contribution in [3.8, 4) is 0 Å². The van der Waals surface area contributed by atoms with Crippen LogP contribution in [0, 0.1) is 5.92 Å². The van der Waals surface area contributed by atoms with Gasteiger partial charge in [0, 0.05) is 5.25 Å². The fourth-order valence-electron chi connectivity index (χ4n) is 1.38. The molecule has 11 heavy (non-hydrogen) atoms. The van der Waals surface area contributed by atoms with Crippen molar-refractivity contribution in [1.82, 2.24) is 0 Å². The summed E-state index contributed by atoms with van der Waals surface area (Å²) in [6.07, 6.45) is 8.99. The molecule has 0 aromatic heterocycles. The number of hydrogen-bond donors (Lipinski definition) is 0. The highest BCUT2D eigenvalue weighted by atomic mass is 35.5. The van der Waals surface area contributed by atoms with Crippen LogP contribution in [0.25, 0.3) is 0 Å². The molecular formula is C9H15ClS. The summed E-state index contributed by atoms with van der Waals surface area (Å²) in [5.74, 6) is 0.632.